The van der Waals surface area contributed by atoms with Crippen LogP contribution < -0.4 is 15.4 Å². The molecule has 0 fully saturated rings. The SMILES string of the molecule is COc1ccc(NC(=O)Nc2nc(C)cs2)cc1. The van der Waals surface area contributed by atoms with E-state index in [1.54, 1.807) is 31.4 Å². The molecule has 0 unspecified atom stereocenters. The fourth-order valence-corrected chi connectivity index (χ4v) is 2.03. The highest BCUT2D eigenvalue weighted by molar-refractivity contribution is 7.13. The molecule has 0 aliphatic carbocycles. The normalized spacial score (nSPS) is 9.89. The predicted molar refractivity (Wildman–Crippen MR) is 72.5 cm³/mol. The maximum atomic E-state index is 11.7. The number of hydrogen-bond donors (Lipinski definition) is 2. The lowest BCUT2D eigenvalue weighted by Crippen LogP contribution is -2.19. The van der Waals surface area contributed by atoms with Gasteiger partial charge in [0.1, 0.15) is 5.75 Å². The molecule has 2 rings (SSSR count). The number of methoxy groups -OCH3 is 1. The zero-order valence-electron chi connectivity index (χ0n) is 10.1. The van der Waals surface area contributed by atoms with Crippen molar-refractivity contribution in [1.82, 2.24) is 4.98 Å². The van der Waals surface area contributed by atoms with E-state index in [9.17, 15) is 4.79 Å². The Balaban J connectivity index is 1.94. The maximum absolute atomic E-state index is 11.7. The summed E-state index contributed by atoms with van der Waals surface area (Å²) in [6.45, 7) is 1.88. The van der Waals surface area contributed by atoms with Crippen LogP contribution in [0.5, 0.6) is 5.75 Å². The summed E-state index contributed by atoms with van der Waals surface area (Å²) in [6, 6.07) is 6.79. The van der Waals surface area contributed by atoms with Gasteiger partial charge in [-0.1, -0.05) is 0 Å². The number of benzene rings is 1. The van der Waals surface area contributed by atoms with Crippen molar-refractivity contribution in [2.75, 3.05) is 17.7 Å². The molecule has 0 radical (unpaired) electrons. The Morgan fingerprint density at radius 2 is 2.00 bits per heavy atom. The zero-order chi connectivity index (χ0) is 13.0. The molecule has 0 saturated carbocycles. The van der Waals surface area contributed by atoms with E-state index in [2.05, 4.69) is 15.6 Å². The van der Waals surface area contributed by atoms with Gasteiger partial charge in [0.15, 0.2) is 5.13 Å². The molecule has 5 nitrogen and oxygen atoms in total. The molecule has 0 aliphatic heterocycles. The van der Waals surface area contributed by atoms with E-state index in [1.807, 2.05) is 12.3 Å². The second-order valence-corrected chi connectivity index (χ2v) is 4.46. The Hall–Kier alpha value is -2.08. The van der Waals surface area contributed by atoms with Crippen LogP contribution in [0.15, 0.2) is 29.6 Å². The van der Waals surface area contributed by atoms with Gasteiger partial charge >= 0.3 is 6.03 Å². The van der Waals surface area contributed by atoms with Crippen molar-refractivity contribution in [3.05, 3.63) is 35.3 Å². The molecule has 1 aromatic heterocycles. The van der Waals surface area contributed by atoms with E-state index in [4.69, 9.17) is 4.74 Å². The van der Waals surface area contributed by atoms with Crippen LogP contribution in [0, 0.1) is 6.92 Å². The second kappa shape index (κ2) is 5.50. The number of anilines is 2. The maximum Gasteiger partial charge on any atom is 0.325 e. The number of ether oxygens (including phenoxy) is 1. The summed E-state index contributed by atoms with van der Waals surface area (Å²) in [5.74, 6) is 0.747. The van der Waals surface area contributed by atoms with Crippen molar-refractivity contribution in [3.63, 3.8) is 0 Å². The van der Waals surface area contributed by atoms with Gasteiger partial charge in [-0.2, -0.15) is 0 Å². The van der Waals surface area contributed by atoms with Gasteiger partial charge in [-0.05, 0) is 31.2 Å². The number of nitrogens with zero attached hydrogens (tertiary/aromatic N) is 1. The van der Waals surface area contributed by atoms with Crippen LogP contribution in [0.3, 0.4) is 0 Å². The first-order valence-corrected chi connectivity index (χ1v) is 6.19. The fraction of sp³-hybridized carbons (Fsp3) is 0.167. The number of thiazole rings is 1. The molecular formula is C12H13N3O2S. The fourth-order valence-electron chi connectivity index (χ4n) is 1.35. The van der Waals surface area contributed by atoms with Gasteiger partial charge in [0.05, 0.1) is 12.8 Å². The average Bonchev–Trinajstić information content (AvgIpc) is 2.75. The van der Waals surface area contributed by atoms with Crippen LogP contribution >= 0.6 is 11.3 Å². The molecule has 1 aromatic carbocycles. The molecule has 6 heteroatoms. The van der Waals surface area contributed by atoms with Gasteiger partial charge in [0, 0.05) is 11.1 Å². The number of amides is 2. The monoisotopic (exact) mass is 263 g/mol. The summed E-state index contributed by atoms with van der Waals surface area (Å²) in [5, 5.41) is 7.84. The van der Waals surface area contributed by atoms with Crippen molar-refractivity contribution in [2.24, 2.45) is 0 Å². The topological polar surface area (TPSA) is 63.2 Å². The molecule has 18 heavy (non-hydrogen) atoms. The molecule has 2 N–H and O–H groups in total. The van der Waals surface area contributed by atoms with Crippen molar-refractivity contribution in [3.8, 4) is 5.75 Å². The lowest BCUT2D eigenvalue weighted by molar-refractivity contribution is 0.262. The Bertz CT molecular complexity index is 537. The van der Waals surface area contributed by atoms with Gasteiger partial charge in [0.25, 0.3) is 0 Å². The summed E-state index contributed by atoms with van der Waals surface area (Å²) in [6.07, 6.45) is 0. The molecule has 1 heterocycles. The van der Waals surface area contributed by atoms with E-state index < -0.39 is 0 Å². The van der Waals surface area contributed by atoms with Crippen LogP contribution in [0.4, 0.5) is 15.6 Å². The Kier molecular flexibility index (Phi) is 3.78. The minimum absolute atomic E-state index is 0.311. The van der Waals surface area contributed by atoms with E-state index >= 15 is 0 Å². The molecule has 0 aliphatic rings. The third-order valence-corrected chi connectivity index (χ3v) is 3.06. The standard InChI is InChI=1S/C12H13N3O2S/c1-8-7-18-12(13-8)15-11(16)14-9-3-5-10(17-2)6-4-9/h3-7H,1-2H3,(H2,13,14,15,16). The van der Waals surface area contributed by atoms with Crippen LogP contribution in [0.2, 0.25) is 0 Å². The Morgan fingerprint density at radius 1 is 1.28 bits per heavy atom. The van der Waals surface area contributed by atoms with Crippen LogP contribution in [-0.4, -0.2) is 18.1 Å². The second-order valence-electron chi connectivity index (χ2n) is 3.60. The lowest BCUT2D eigenvalue weighted by atomic mass is 10.3. The molecule has 0 atom stereocenters. The van der Waals surface area contributed by atoms with Crippen LogP contribution in [0.1, 0.15) is 5.69 Å². The van der Waals surface area contributed by atoms with Crippen molar-refractivity contribution in [2.45, 2.75) is 6.92 Å². The van der Waals surface area contributed by atoms with Gasteiger partial charge < -0.3 is 10.1 Å². The minimum Gasteiger partial charge on any atom is -0.497 e. The number of hydrogen-bond acceptors (Lipinski definition) is 4. The molecular weight excluding hydrogens is 250 g/mol. The minimum atomic E-state index is -0.311. The number of urea groups is 1. The smallest absolute Gasteiger partial charge is 0.325 e. The zero-order valence-corrected chi connectivity index (χ0v) is 10.9. The summed E-state index contributed by atoms with van der Waals surface area (Å²) >= 11 is 1.39. The lowest BCUT2D eigenvalue weighted by Gasteiger charge is -2.06. The third-order valence-electron chi connectivity index (χ3n) is 2.19. The molecule has 2 amide bonds. The van der Waals surface area contributed by atoms with Gasteiger partial charge in [-0.15, -0.1) is 11.3 Å². The summed E-state index contributed by atoms with van der Waals surface area (Å²) in [4.78, 5) is 15.8. The van der Waals surface area contributed by atoms with Crippen molar-refractivity contribution in [1.29, 1.82) is 0 Å². The number of nitrogens with one attached hydrogen (secondary N) is 2. The first-order valence-electron chi connectivity index (χ1n) is 5.31. The number of carbonyl (C=O) groups is 1. The molecule has 0 spiro atoms. The first-order chi connectivity index (χ1) is 8.67. The van der Waals surface area contributed by atoms with Crippen molar-refractivity contribution < 1.29 is 9.53 Å². The summed E-state index contributed by atoms with van der Waals surface area (Å²) in [7, 11) is 1.60. The Labute approximate surface area is 109 Å². The van der Waals surface area contributed by atoms with Gasteiger partial charge in [-0.3, -0.25) is 5.32 Å². The van der Waals surface area contributed by atoms with Crippen LogP contribution in [0.25, 0.3) is 0 Å². The molecule has 94 valence electrons. The average molecular weight is 263 g/mol. The summed E-state index contributed by atoms with van der Waals surface area (Å²) < 4.78 is 5.04. The largest absolute Gasteiger partial charge is 0.497 e. The molecule has 0 saturated heterocycles. The summed E-state index contributed by atoms with van der Waals surface area (Å²) in [5.41, 5.74) is 1.58. The van der Waals surface area contributed by atoms with E-state index in [0.717, 1.165) is 11.4 Å². The first kappa shape index (κ1) is 12.4. The third kappa shape index (κ3) is 3.21. The van der Waals surface area contributed by atoms with E-state index in [0.29, 0.717) is 10.8 Å². The quantitative estimate of drug-likeness (QED) is 0.894. The number of aryl methyl sites for hydroxylation is 1. The number of carbonyl (C=O) groups excluding carboxylic acids is 1. The van der Waals surface area contributed by atoms with E-state index in [1.165, 1.54) is 11.3 Å². The number of aromatic nitrogens is 1. The van der Waals surface area contributed by atoms with Gasteiger partial charge in [0.2, 0.25) is 0 Å². The highest BCUT2D eigenvalue weighted by atomic mass is 32.1. The predicted octanol–water partition coefficient (Wildman–Crippen LogP) is 3.10. The van der Waals surface area contributed by atoms with Gasteiger partial charge in [-0.25, -0.2) is 9.78 Å². The highest BCUT2D eigenvalue weighted by Gasteiger charge is 2.05. The Morgan fingerprint density at radius 3 is 2.56 bits per heavy atom. The van der Waals surface area contributed by atoms with Crippen molar-refractivity contribution >= 4 is 28.2 Å². The highest BCUT2D eigenvalue weighted by Crippen LogP contribution is 2.17. The molecule has 0 bridgehead atoms. The van der Waals surface area contributed by atoms with Crippen LogP contribution in [-0.2, 0) is 0 Å². The molecule has 2 aromatic rings. The number of rotatable bonds is 3. The van der Waals surface area contributed by atoms with E-state index in [-0.39, 0.29) is 6.03 Å².